The maximum Gasteiger partial charge on any atom is 0.245 e. The van der Waals surface area contributed by atoms with Crippen LogP contribution in [0.5, 0.6) is 0 Å². The largest absolute Gasteiger partial charge is 0.326 e. The molecule has 0 aliphatic rings. The minimum Gasteiger partial charge on any atom is -0.326 e. The second-order valence-electron chi connectivity index (χ2n) is 5.47. The van der Waals surface area contributed by atoms with Crippen molar-refractivity contribution in [3.63, 3.8) is 0 Å². The molecule has 0 spiro atoms. The lowest BCUT2D eigenvalue weighted by Gasteiger charge is -2.21. The van der Waals surface area contributed by atoms with E-state index in [-0.39, 0.29) is 22.5 Å². The van der Waals surface area contributed by atoms with E-state index >= 15 is 0 Å². The van der Waals surface area contributed by atoms with Crippen LogP contribution in [0.4, 0.5) is 11.4 Å². The Morgan fingerprint density at radius 1 is 1.23 bits per heavy atom. The van der Waals surface area contributed by atoms with E-state index in [4.69, 9.17) is 0 Å². The number of nitrogens with one attached hydrogen (secondary N) is 1. The number of nitrogens with zero attached hydrogens (tertiary/aromatic N) is 2. The number of aryl methyl sites for hydroxylation is 1. The maximum absolute atomic E-state index is 12.1. The van der Waals surface area contributed by atoms with E-state index in [0.717, 1.165) is 17.5 Å². The average Bonchev–Trinajstić information content (AvgIpc) is 2.83. The average molecular weight is 482 g/mol. The minimum atomic E-state index is -4.05. The summed E-state index contributed by atoms with van der Waals surface area (Å²) in [5.74, 6) is -0.293. The number of aromatic nitrogens is 1. The van der Waals surface area contributed by atoms with Crippen LogP contribution in [-0.2, 0) is 31.3 Å². The topological polar surface area (TPSA) is 114 Å². The molecule has 0 saturated heterocycles. The summed E-state index contributed by atoms with van der Waals surface area (Å²) in [6.45, 7) is 1.84. The number of anilines is 2. The van der Waals surface area contributed by atoms with Crippen molar-refractivity contribution in [2.45, 2.75) is 13.3 Å². The second kappa shape index (κ2) is 7.62. The second-order valence-corrected chi connectivity index (χ2v) is 11.3. The van der Waals surface area contributed by atoms with Crippen molar-refractivity contribution in [3.05, 3.63) is 38.8 Å². The molecule has 2 aromatic rings. The van der Waals surface area contributed by atoms with Crippen LogP contribution in [0.3, 0.4) is 0 Å². The lowest BCUT2D eigenvalue weighted by molar-refractivity contribution is -0.115. The number of hydrogen-bond donors (Lipinski definition) is 1. The predicted molar refractivity (Wildman–Crippen MR) is 105 cm³/mol. The van der Waals surface area contributed by atoms with Crippen LogP contribution in [-0.4, -0.2) is 40.2 Å². The smallest absolute Gasteiger partial charge is 0.245 e. The van der Waals surface area contributed by atoms with Gasteiger partial charge in [-0.1, -0.05) is 0 Å². The summed E-state index contributed by atoms with van der Waals surface area (Å²) in [5, 5.41) is 5.32. The fraction of sp³-hybridized carbons (Fsp3) is 0.286. The van der Waals surface area contributed by atoms with Crippen LogP contribution in [0.2, 0.25) is 0 Å². The van der Waals surface area contributed by atoms with Crippen molar-refractivity contribution in [1.29, 1.82) is 0 Å². The number of carbonyl (C=O) groups excluding carboxylic acids is 1. The van der Waals surface area contributed by atoms with Gasteiger partial charge in [0.2, 0.25) is 26.0 Å². The van der Waals surface area contributed by atoms with Crippen LogP contribution in [0.15, 0.2) is 28.1 Å². The summed E-state index contributed by atoms with van der Waals surface area (Å²) >= 11 is 4.61. The van der Waals surface area contributed by atoms with Crippen LogP contribution < -0.4 is 9.03 Å². The molecule has 1 heterocycles. The Hall–Kier alpha value is -1.50. The summed E-state index contributed by atoms with van der Waals surface area (Å²) in [6.07, 6.45) is 1.69. The van der Waals surface area contributed by atoms with Crippen LogP contribution in [0.25, 0.3) is 0 Å². The Balaban J connectivity index is 2.25. The quantitative estimate of drug-likeness (QED) is 0.675. The van der Waals surface area contributed by atoms with Gasteiger partial charge in [0, 0.05) is 15.5 Å². The molecule has 0 unspecified atom stereocenters. The first kappa shape index (κ1) is 20.8. The summed E-state index contributed by atoms with van der Waals surface area (Å²) in [4.78, 5) is 16.3. The molecule has 2 rings (SSSR count). The molecule has 1 aromatic heterocycles. The highest BCUT2D eigenvalue weighted by Gasteiger charge is 2.29. The molecule has 1 aromatic carbocycles. The number of carbonyl (C=O) groups is 1. The van der Waals surface area contributed by atoms with Crippen LogP contribution in [0.1, 0.15) is 10.7 Å². The Morgan fingerprint density at radius 3 is 2.31 bits per heavy atom. The number of sulfonamides is 2. The van der Waals surface area contributed by atoms with Gasteiger partial charge in [-0.25, -0.2) is 21.8 Å². The van der Waals surface area contributed by atoms with Gasteiger partial charge >= 0.3 is 0 Å². The Labute approximate surface area is 164 Å². The van der Waals surface area contributed by atoms with Gasteiger partial charge in [0.25, 0.3) is 0 Å². The summed E-state index contributed by atoms with van der Waals surface area (Å²) in [7, 11) is -8.10. The molecule has 1 N–H and O–H groups in total. The van der Waals surface area contributed by atoms with Gasteiger partial charge in [-0.2, -0.15) is 3.71 Å². The molecule has 0 aliphatic carbocycles. The van der Waals surface area contributed by atoms with E-state index in [1.807, 2.05) is 6.92 Å². The van der Waals surface area contributed by atoms with E-state index in [0.29, 0.717) is 15.1 Å². The molecule has 142 valence electrons. The Kier molecular flexibility index (Phi) is 6.10. The molecule has 1 amide bonds. The molecule has 8 nitrogen and oxygen atoms in total. The summed E-state index contributed by atoms with van der Waals surface area (Å²) in [6, 6.07) is 4.16. The molecule has 0 radical (unpaired) electrons. The number of halogens is 1. The highest BCUT2D eigenvalue weighted by molar-refractivity contribution is 9.10. The molecular formula is C14H16BrN3O5S3. The van der Waals surface area contributed by atoms with Crippen molar-refractivity contribution in [3.8, 4) is 0 Å². The predicted octanol–water partition coefficient (Wildman–Crippen LogP) is 2.12. The van der Waals surface area contributed by atoms with Crippen molar-refractivity contribution in [2.24, 2.45) is 0 Å². The van der Waals surface area contributed by atoms with Gasteiger partial charge in [0.05, 0.1) is 35.3 Å². The molecular weight excluding hydrogens is 466 g/mol. The lowest BCUT2D eigenvalue weighted by atomic mass is 10.2. The number of amides is 1. The number of benzene rings is 1. The zero-order valence-electron chi connectivity index (χ0n) is 14.1. The SMILES string of the molecule is Cc1nc(CC(=O)Nc2ccc(N(S(C)(=O)=O)S(C)(=O)=O)c(Br)c2)cs1. The first-order valence-corrected chi connectivity index (χ1v) is 12.5. The van der Waals surface area contributed by atoms with Gasteiger partial charge < -0.3 is 5.32 Å². The van der Waals surface area contributed by atoms with Crippen molar-refractivity contribution in [2.75, 3.05) is 21.5 Å². The zero-order valence-corrected chi connectivity index (χ0v) is 18.1. The molecule has 12 heteroatoms. The number of thiazole rings is 1. The van der Waals surface area contributed by atoms with Crippen LogP contribution >= 0.6 is 27.3 Å². The third kappa shape index (κ3) is 5.25. The van der Waals surface area contributed by atoms with E-state index in [2.05, 4.69) is 26.2 Å². The molecule has 0 atom stereocenters. The van der Waals surface area contributed by atoms with Gasteiger partial charge in [0.1, 0.15) is 0 Å². The highest BCUT2D eigenvalue weighted by atomic mass is 79.9. The Morgan fingerprint density at radius 2 is 1.85 bits per heavy atom. The first-order valence-electron chi connectivity index (χ1n) is 7.09. The lowest BCUT2D eigenvalue weighted by Crippen LogP contribution is -2.35. The van der Waals surface area contributed by atoms with Gasteiger partial charge in [-0.15, -0.1) is 11.3 Å². The van der Waals surface area contributed by atoms with E-state index in [9.17, 15) is 21.6 Å². The number of hydrogen-bond acceptors (Lipinski definition) is 7. The molecule has 0 fully saturated rings. The fourth-order valence-corrected chi connectivity index (χ4v) is 6.60. The summed E-state index contributed by atoms with van der Waals surface area (Å²) in [5.41, 5.74) is 0.976. The zero-order chi connectivity index (χ0) is 19.7. The molecule has 0 aliphatic heterocycles. The Bertz CT molecular complexity index is 1020. The minimum absolute atomic E-state index is 0.0666. The summed E-state index contributed by atoms with van der Waals surface area (Å²) < 4.78 is 47.9. The van der Waals surface area contributed by atoms with Gasteiger partial charge in [-0.05, 0) is 41.1 Å². The van der Waals surface area contributed by atoms with E-state index in [1.54, 1.807) is 5.38 Å². The fourth-order valence-electron chi connectivity index (χ4n) is 2.20. The third-order valence-corrected chi connectivity index (χ3v) is 7.72. The van der Waals surface area contributed by atoms with Crippen molar-refractivity contribution < 1.29 is 21.6 Å². The third-order valence-electron chi connectivity index (χ3n) is 3.04. The van der Waals surface area contributed by atoms with Gasteiger partial charge in [0.15, 0.2) is 0 Å². The van der Waals surface area contributed by atoms with E-state index < -0.39 is 20.0 Å². The van der Waals surface area contributed by atoms with Gasteiger partial charge in [-0.3, -0.25) is 4.79 Å². The van der Waals surface area contributed by atoms with Crippen LogP contribution in [0, 0.1) is 6.92 Å². The normalized spacial score (nSPS) is 12.0. The monoisotopic (exact) mass is 481 g/mol. The van der Waals surface area contributed by atoms with Crippen molar-refractivity contribution >= 4 is 64.6 Å². The van der Waals surface area contributed by atoms with Crippen molar-refractivity contribution in [1.82, 2.24) is 4.98 Å². The molecule has 0 saturated carbocycles. The molecule has 26 heavy (non-hydrogen) atoms. The maximum atomic E-state index is 12.1. The van der Waals surface area contributed by atoms with E-state index in [1.165, 1.54) is 29.5 Å². The molecule has 0 bridgehead atoms. The highest BCUT2D eigenvalue weighted by Crippen LogP contribution is 2.32. The first-order chi connectivity index (χ1) is 11.9. The standard InChI is InChI=1S/C14H16BrN3O5S3/c1-9-16-11(8-24-9)7-14(19)17-10-4-5-13(12(15)6-10)18(25(2,20)21)26(3,22)23/h4-6,8H,7H2,1-3H3,(H,17,19). The number of rotatable bonds is 6.